The predicted molar refractivity (Wildman–Crippen MR) is 70.7 cm³/mol. The van der Waals surface area contributed by atoms with E-state index < -0.39 is 22.6 Å². The molecule has 0 saturated carbocycles. The van der Waals surface area contributed by atoms with Crippen LogP contribution in [-0.2, 0) is 9.54 Å². The van der Waals surface area contributed by atoms with Gasteiger partial charge in [0.25, 0.3) is 0 Å². The molecule has 0 aliphatic carbocycles. The Kier molecular flexibility index (Phi) is 3.39. The first-order valence-electron chi connectivity index (χ1n) is 5.45. The Morgan fingerprint density at radius 2 is 2.06 bits per heavy atom. The lowest BCUT2D eigenvalue weighted by Crippen LogP contribution is -2.48. The van der Waals surface area contributed by atoms with Crippen LogP contribution in [0.25, 0.3) is 0 Å². The molecular weight excluding hydrogens is 249 g/mol. The Morgan fingerprint density at radius 1 is 1.44 bits per heavy atom. The van der Waals surface area contributed by atoms with Crippen molar-refractivity contribution >= 4 is 31.4 Å². The van der Waals surface area contributed by atoms with Gasteiger partial charge in [-0.1, -0.05) is 30.3 Å². The molecule has 1 N–H and O–H groups in total. The predicted octanol–water partition coefficient (Wildman–Crippen LogP) is 1.65. The standard InChI is InChI=1S/C12H12BNO3S/c1-12(8-5-3-2-4-6-8)9(10(15)16)14(7-18-12)11(13)17/h2-6,9H,7H2,1H3,(H,15,16). The van der Waals surface area contributed by atoms with E-state index in [0.29, 0.717) is 0 Å². The first-order valence-corrected chi connectivity index (χ1v) is 6.43. The third-order valence-corrected chi connectivity index (χ3v) is 4.67. The molecular formula is C12H12BNO3S. The van der Waals surface area contributed by atoms with Crippen LogP contribution >= 0.6 is 11.8 Å². The summed E-state index contributed by atoms with van der Waals surface area (Å²) in [5.74, 6) is -1.45. The normalized spacial score (nSPS) is 27.2. The summed E-state index contributed by atoms with van der Waals surface area (Å²) >= 11 is 1.41. The van der Waals surface area contributed by atoms with Gasteiger partial charge in [0.2, 0.25) is 7.85 Å². The lowest BCUT2D eigenvalue weighted by Gasteiger charge is -2.31. The van der Waals surface area contributed by atoms with E-state index in [1.165, 1.54) is 16.7 Å². The summed E-state index contributed by atoms with van der Waals surface area (Å²) in [6, 6.07) is 8.37. The largest absolute Gasteiger partial charge is 0.480 e. The van der Waals surface area contributed by atoms with Crippen LogP contribution in [0.3, 0.4) is 0 Å². The minimum absolute atomic E-state index is 0.289. The van der Waals surface area contributed by atoms with Crippen LogP contribution in [0.4, 0.5) is 4.79 Å². The van der Waals surface area contributed by atoms with Crippen LogP contribution in [-0.4, -0.2) is 41.5 Å². The molecule has 1 aromatic rings. The number of hydrogen-bond donors (Lipinski definition) is 1. The molecule has 2 atom stereocenters. The SMILES string of the molecule is [B]C(=O)N1CSC(C)(c2ccccc2)C1C(=O)O. The first kappa shape index (κ1) is 13.0. The zero-order valence-corrected chi connectivity index (χ0v) is 10.7. The second-order valence-corrected chi connectivity index (χ2v) is 5.69. The number of carbonyl (C=O) groups is 2. The monoisotopic (exact) mass is 261 g/mol. The van der Waals surface area contributed by atoms with Crippen molar-refractivity contribution in [2.24, 2.45) is 0 Å². The van der Waals surface area contributed by atoms with Gasteiger partial charge in [-0.3, -0.25) is 4.79 Å². The molecule has 1 aliphatic rings. The molecule has 0 spiro atoms. The van der Waals surface area contributed by atoms with Gasteiger partial charge in [0.15, 0.2) is 5.81 Å². The fourth-order valence-electron chi connectivity index (χ4n) is 2.22. The second kappa shape index (κ2) is 4.68. The maximum atomic E-state index is 11.4. The van der Waals surface area contributed by atoms with Gasteiger partial charge in [0.1, 0.15) is 6.04 Å². The molecule has 2 radical (unpaired) electrons. The van der Waals surface area contributed by atoms with Crippen molar-refractivity contribution in [1.29, 1.82) is 0 Å². The number of rotatable bonds is 2. The number of amides is 1. The molecule has 1 aromatic carbocycles. The number of thioether (sulfide) groups is 1. The molecule has 1 heterocycles. The quantitative estimate of drug-likeness (QED) is 0.822. The van der Waals surface area contributed by atoms with Gasteiger partial charge in [-0.15, -0.1) is 11.8 Å². The fourth-order valence-corrected chi connectivity index (χ4v) is 3.60. The van der Waals surface area contributed by atoms with Gasteiger partial charge >= 0.3 is 5.97 Å². The van der Waals surface area contributed by atoms with Crippen molar-refractivity contribution in [1.82, 2.24) is 4.90 Å². The summed E-state index contributed by atoms with van der Waals surface area (Å²) in [6.45, 7) is 1.83. The zero-order valence-electron chi connectivity index (χ0n) is 9.87. The van der Waals surface area contributed by atoms with Crippen LogP contribution in [0, 0.1) is 0 Å². The molecule has 1 fully saturated rings. The highest BCUT2D eigenvalue weighted by Gasteiger charge is 2.50. The van der Waals surface area contributed by atoms with E-state index in [1.54, 1.807) is 0 Å². The van der Waals surface area contributed by atoms with Crippen molar-refractivity contribution in [3.8, 4) is 0 Å². The van der Waals surface area contributed by atoms with E-state index in [1.807, 2.05) is 37.3 Å². The van der Waals surface area contributed by atoms with E-state index in [2.05, 4.69) is 0 Å². The van der Waals surface area contributed by atoms with Crippen LogP contribution < -0.4 is 0 Å². The topological polar surface area (TPSA) is 57.6 Å². The van der Waals surface area contributed by atoms with Crippen LogP contribution in [0.5, 0.6) is 0 Å². The zero-order chi connectivity index (χ0) is 13.3. The Hall–Kier alpha value is -1.43. The summed E-state index contributed by atoms with van der Waals surface area (Å²) in [4.78, 5) is 23.9. The number of carbonyl (C=O) groups excluding carboxylic acids is 1. The Balaban J connectivity index is 2.44. The molecule has 2 rings (SSSR count). The highest BCUT2D eigenvalue weighted by atomic mass is 32.2. The number of carboxylic acid groups (broad SMARTS) is 1. The molecule has 0 bridgehead atoms. The maximum absolute atomic E-state index is 11.4. The number of carboxylic acids is 1. The Morgan fingerprint density at radius 3 is 2.56 bits per heavy atom. The summed E-state index contributed by atoms with van der Waals surface area (Å²) in [7, 11) is 5.24. The van der Waals surface area contributed by atoms with Crippen LogP contribution in [0.2, 0.25) is 0 Å². The first-order chi connectivity index (χ1) is 8.47. The molecule has 0 aromatic heterocycles. The number of benzene rings is 1. The van der Waals surface area contributed by atoms with E-state index in [-0.39, 0.29) is 5.88 Å². The molecule has 2 unspecified atom stereocenters. The van der Waals surface area contributed by atoms with Crippen LogP contribution in [0.15, 0.2) is 30.3 Å². The average molecular weight is 261 g/mol. The molecule has 1 amide bonds. The van der Waals surface area contributed by atoms with Gasteiger partial charge in [0.05, 0.1) is 10.6 Å². The lowest BCUT2D eigenvalue weighted by atomic mass is 9.90. The van der Waals surface area contributed by atoms with Crippen molar-refractivity contribution in [3.63, 3.8) is 0 Å². The highest BCUT2D eigenvalue weighted by molar-refractivity contribution is 8.00. The summed E-state index contributed by atoms with van der Waals surface area (Å²) in [5, 5.41) is 9.37. The summed E-state index contributed by atoms with van der Waals surface area (Å²) in [5.41, 5.74) is 0.881. The maximum Gasteiger partial charge on any atom is 0.328 e. The molecule has 1 saturated heterocycles. The summed E-state index contributed by atoms with van der Waals surface area (Å²) in [6.07, 6.45) is 0. The van der Waals surface area contributed by atoms with Crippen molar-refractivity contribution in [2.75, 3.05) is 5.88 Å². The summed E-state index contributed by atoms with van der Waals surface area (Å²) < 4.78 is -0.678. The van der Waals surface area contributed by atoms with E-state index in [9.17, 15) is 14.7 Å². The van der Waals surface area contributed by atoms with E-state index in [4.69, 9.17) is 7.85 Å². The number of aliphatic carboxylic acids is 1. The Labute approximate surface area is 111 Å². The average Bonchev–Trinajstić information content (AvgIpc) is 2.70. The smallest absolute Gasteiger partial charge is 0.328 e. The van der Waals surface area contributed by atoms with Crippen molar-refractivity contribution < 1.29 is 14.7 Å². The van der Waals surface area contributed by atoms with Crippen molar-refractivity contribution in [2.45, 2.75) is 17.7 Å². The van der Waals surface area contributed by atoms with Crippen LogP contribution in [0.1, 0.15) is 12.5 Å². The van der Waals surface area contributed by atoms with Gasteiger partial charge in [-0.25, -0.2) is 4.79 Å². The molecule has 4 nitrogen and oxygen atoms in total. The fraction of sp³-hybridized carbons (Fsp3) is 0.333. The molecule has 18 heavy (non-hydrogen) atoms. The third kappa shape index (κ3) is 2.01. The Bertz CT molecular complexity index is 481. The lowest BCUT2D eigenvalue weighted by molar-refractivity contribution is -0.142. The second-order valence-electron chi connectivity index (χ2n) is 4.30. The van der Waals surface area contributed by atoms with Gasteiger partial charge in [-0.2, -0.15) is 0 Å². The molecule has 92 valence electrons. The van der Waals surface area contributed by atoms with Gasteiger partial charge in [-0.05, 0) is 12.5 Å². The van der Waals surface area contributed by atoms with E-state index >= 15 is 0 Å². The molecule has 1 aliphatic heterocycles. The number of nitrogens with zero attached hydrogens (tertiary/aromatic N) is 1. The van der Waals surface area contributed by atoms with Gasteiger partial charge in [0, 0.05) is 0 Å². The highest BCUT2D eigenvalue weighted by Crippen LogP contribution is 2.47. The third-order valence-electron chi connectivity index (χ3n) is 3.20. The van der Waals surface area contributed by atoms with E-state index in [0.717, 1.165) is 5.56 Å². The number of hydrogen-bond acceptors (Lipinski definition) is 3. The minimum Gasteiger partial charge on any atom is -0.480 e. The molecule has 6 heteroatoms. The van der Waals surface area contributed by atoms with Crippen molar-refractivity contribution in [3.05, 3.63) is 35.9 Å². The van der Waals surface area contributed by atoms with Gasteiger partial charge < -0.3 is 10.0 Å². The minimum atomic E-state index is -1.04.